The van der Waals surface area contributed by atoms with Crippen molar-refractivity contribution in [2.24, 2.45) is 7.05 Å². The molecule has 0 aliphatic heterocycles. The molecule has 0 aliphatic carbocycles. The fourth-order valence-electron chi connectivity index (χ4n) is 2.41. The number of rotatable bonds is 3. The van der Waals surface area contributed by atoms with Crippen LogP contribution in [0.1, 0.15) is 16.8 Å². The smallest absolute Gasteiger partial charge is 0.157 e. The summed E-state index contributed by atoms with van der Waals surface area (Å²) in [5, 5.41) is 8.95. The number of halogens is 1. The number of nitrogens with zero attached hydrogens (tertiary/aromatic N) is 3. The number of aryl methyl sites for hydroxylation is 3. The molecule has 0 saturated heterocycles. The molecule has 0 unspecified atom stereocenters. The number of nitrogens with one attached hydrogen (secondary N) is 1. The molecule has 0 amide bonds. The number of benzene rings is 1. The van der Waals surface area contributed by atoms with Gasteiger partial charge in [0.05, 0.1) is 5.69 Å². The van der Waals surface area contributed by atoms with Gasteiger partial charge in [-0.3, -0.25) is 4.68 Å². The predicted molar refractivity (Wildman–Crippen MR) is 89.5 cm³/mol. The maximum Gasteiger partial charge on any atom is 0.157 e. The summed E-state index contributed by atoms with van der Waals surface area (Å²) >= 11 is 3.52. The first-order chi connectivity index (χ1) is 10.0. The molecule has 0 aliphatic rings. The van der Waals surface area contributed by atoms with Gasteiger partial charge in [0.15, 0.2) is 5.65 Å². The van der Waals surface area contributed by atoms with Crippen molar-refractivity contribution in [3.8, 4) is 0 Å². The minimum atomic E-state index is 0.748. The van der Waals surface area contributed by atoms with E-state index in [2.05, 4.69) is 62.5 Å². The molecule has 0 saturated carbocycles. The van der Waals surface area contributed by atoms with E-state index in [1.54, 1.807) is 0 Å². The molecule has 1 N–H and O–H groups in total. The molecule has 0 bridgehead atoms. The summed E-state index contributed by atoms with van der Waals surface area (Å²) < 4.78 is 2.95. The van der Waals surface area contributed by atoms with E-state index in [1.165, 1.54) is 5.56 Å². The molecule has 0 radical (unpaired) electrons. The van der Waals surface area contributed by atoms with E-state index < -0.39 is 0 Å². The SMILES string of the molecule is Cc1cc(NCc2cnc3c(c2)c(C)nn3C)ccc1Br. The van der Waals surface area contributed by atoms with E-state index in [0.717, 1.165) is 39.0 Å². The highest BCUT2D eigenvalue weighted by molar-refractivity contribution is 9.10. The van der Waals surface area contributed by atoms with E-state index in [9.17, 15) is 0 Å². The minimum Gasteiger partial charge on any atom is -0.381 e. The molecule has 1 aromatic carbocycles. The highest BCUT2D eigenvalue weighted by Gasteiger charge is 2.07. The van der Waals surface area contributed by atoms with Crippen LogP contribution in [0.15, 0.2) is 34.9 Å². The summed E-state index contributed by atoms with van der Waals surface area (Å²) in [7, 11) is 1.92. The van der Waals surface area contributed by atoms with Gasteiger partial charge in [0.1, 0.15) is 0 Å². The molecule has 2 heterocycles. The van der Waals surface area contributed by atoms with Crippen LogP contribution in [0.4, 0.5) is 5.69 Å². The second kappa shape index (κ2) is 5.48. The molecular formula is C16H17BrN4. The Morgan fingerprint density at radius 2 is 2.05 bits per heavy atom. The van der Waals surface area contributed by atoms with Crippen LogP contribution in [0.5, 0.6) is 0 Å². The van der Waals surface area contributed by atoms with Crippen molar-refractivity contribution in [1.82, 2.24) is 14.8 Å². The predicted octanol–water partition coefficient (Wildman–Crippen LogP) is 3.96. The third kappa shape index (κ3) is 2.78. The summed E-state index contributed by atoms with van der Waals surface area (Å²) in [6, 6.07) is 8.41. The van der Waals surface area contributed by atoms with Crippen molar-refractivity contribution < 1.29 is 0 Å². The molecule has 21 heavy (non-hydrogen) atoms. The largest absolute Gasteiger partial charge is 0.381 e. The zero-order chi connectivity index (χ0) is 15.0. The third-order valence-electron chi connectivity index (χ3n) is 3.57. The topological polar surface area (TPSA) is 42.7 Å². The van der Waals surface area contributed by atoms with Crippen LogP contribution in [0.2, 0.25) is 0 Å². The van der Waals surface area contributed by atoms with Gasteiger partial charge in [-0.25, -0.2) is 4.98 Å². The zero-order valence-electron chi connectivity index (χ0n) is 12.3. The Hall–Kier alpha value is -1.88. The van der Waals surface area contributed by atoms with Gasteiger partial charge in [-0.15, -0.1) is 0 Å². The van der Waals surface area contributed by atoms with Gasteiger partial charge in [0, 0.05) is 35.3 Å². The van der Waals surface area contributed by atoms with Crippen LogP contribution < -0.4 is 5.32 Å². The lowest BCUT2D eigenvalue weighted by Gasteiger charge is -2.08. The number of hydrogen-bond acceptors (Lipinski definition) is 3. The van der Waals surface area contributed by atoms with Crippen LogP contribution in [-0.4, -0.2) is 14.8 Å². The molecule has 0 atom stereocenters. The first-order valence-corrected chi connectivity index (χ1v) is 7.62. The normalized spacial score (nSPS) is 11.0. The molecular weight excluding hydrogens is 328 g/mol. The monoisotopic (exact) mass is 344 g/mol. The Kier molecular flexibility index (Phi) is 3.68. The Bertz CT molecular complexity index is 807. The highest BCUT2D eigenvalue weighted by Crippen LogP contribution is 2.21. The average molecular weight is 345 g/mol. The van der Waals surface area contributed by atoms with Gasteiger partial charge < -0.3 is 5.32 Å². The van der Waals surface area contributed by atoms with Gasteiger partial charge in [-0.05, 0) is 49.2 Å². The van der Waals surface area contributed by atoms with Gasteiger partial charge >= 0.3 is 0 Å². The first-order valence-electron chi connectivity index (χ1n) is 6.83. The van der Waals surface area contributed by atoms with Crippen molar-refractivity contribution in [3.63, 3.8) is 0 Å². The summed E-state index contributed by atoms with van der Waals surface area (Å²) in [5.41, 5.74) is 5.42. The first kappa shape index (κ1) is 14.1. The Morgan fingerprint density at radius 3 is 2.81 bits per heavy atom. The second-order valence-corrected chi connectivity index (χ2v) is 6.10. The van der Waals surface area contributed by atoms with E-state index in [4.69, 9.17) is 0 Å². The van der Waals surface area contributed by atoms with Gasteiger partial charge in [-0.1, -0.05) is 15.9 Å². The molecule has 0 fully saturated rings. The molecule has 5 heteroatoms. The lowest BCUT2D eigenvalue weighted by molar-refractivity contribution is 0.773. The van der Waals surface area contributed by atoms with Crippen molar-refractivity contribution >= 4 is 32.7 Å². The standard InChI is InChI=1S/C16H17BrN4/c1-10-6-13(4-5-15(10)17)18-8-12-7-14-11(2)20-21(3)16(14)19-9-12/h4-7,9,18H,8H2,1-3H3. The molecule has 108 valence electrons. The second-order valence-electron chi connectivity index (χ2n) is 5.24. The number of anilines is 1. The highest BCUT2D eigenvalue weighted by atomic mass is 79.9. The van der Waals surface area contributed by atoms with Gasteiger partial charge in [-0.2, -0.15) is 5.10 Å². The fraction of sp³-hybridized carbons (Fsp3) is 0.250. The van der Waals surface area contributed by atoms with Crippen molar-refractivity contribution in [2.75, 3.05) is 5.32 Å². The van der Waals surface area contributed by atoms with Crippen LogP contribution in [0, 0.1) is 13.8 Å². The van der Waals surface area contributed by atoms with Crippen molar-refractivity contribution in [2.45, 2.75) is 20.4 Å². The van der Waals surface area contributed by atoms with Crippen molar-refractivity contribution in [3.05, 3.63) is 51.8 Å². The van der Waals surface area contributed by atoms with Crippen molar-refractivity contribution in [1.29, 1.82) is 0 Å². The molecule has 0 spiro atoms. The Labute approximate surface area is 132 Å². The summed E-state index contributed by atoms with van der Waals surface area (Å²) in [4.78, 5) is 4.50. The van der Waals surface area contributed by atoms with Crippen LogP contribution in [0.3, 0.4) is 0 Å². The summed E-state index contributed by atoms with van der Waals surface area (Å²) in [6.45, 7) is 4.85. The summed E-state index contributed by atoms with van der Waals surface area (Å²) in [5.74, 6) is 0. The lowest BCUT2D eigenvalue weighted by atomic mass is 10.2. The lowest BCUT2D eigenvalue weighted by Crippen LogP contribution is -2.00. The maximum atomic E-state index is 4.50. The molecule has 3 rings (SSSR count). The van der Waals surface area contributed by atoms with Crippen LogP contribution >= 0.6 is 15.9 Å². The number of pyridine rings is 1. The molecule has 4 nitrogen and oxygen atoms in total. The van der Waals surface area contributed by atoms with E-state index in [1.807, 2.05) is 24.9 Å². The van der Waals surface area contributed by atoms with E-state index in [-0.39, 0.29) is 0 Å². The van der Waals surface area contributed by atoms with Gasteiger partial charge in [0.25, 0.3) is 0 Å². The summed E-state index contributed by atoms with van der Waals surface area (Å²) in [6.07, 6.45) is 1.90. The molecule has 3 aromatic rings. The van der Waals surface area contributed by atoms with Crippen LogP contribution in [-0.2, 0) is 13.6 Å². The van der Waals surface area contributed by atoms with E-state index >= 15 is 0 Å². The maximum absolute atomic E-state index is 4.50. The third-order valence-corrected chi connectivity index (χ3v) is 4.46. The Balaban J connectivity index is 1.81. The van der Waals surface area contributed by atoms with E-state index in [0.29, 0.717) is 0 Å². The number of aromatic nitrogens is 3. The fourth-order valence-corrected chi connectivity index (χ4v) is 2.65. The van der Waals surface area contributed by atoms with Gasteiger partial charge in [0.2, 0.25) is 0 Å². The van der Waals surface area contributed by atoms with Crippen LogP contribution in [0.25, 0.3) is 11.0 Å². The average Bonchev–Trinajstić information content (AvgIpc) is 2.75. The quantitative estimate of drug-likeness (QED) is 0.781. The Morgan fingerprint density at radius 1 is 1.24 bits per heavy atom. The minimum absolute atomic E-state index is 0.748. The zero-order valence-corrected chi connectivity index (χ0v) is 13.9. The number of fused-ring (bicyclic) bond motifs is 1. The number of hydrogen-bond donors (Lipinski definition) is 1. The molecule has 2 aromatic heterocycles.